The second-order valence-electron chi connectivity index (χ2n) is 8.34. The summed E-state index contributed by atoms with van der Waals surface area (Å²) in [7, 11) is 0. The number of likely N-dealkylation sites (N-methyl/N-ethyl adjacent to an activating group) is 1. The topological polar surface area (TPSA) is 78.9 Å². The average molecular weight is 423 g/mol. The Kier molecular flexibility index (Phi) is 6.01. The van der Waals surface area contributed by atoms with E-state index in [1.54, 1.807) is 0 Å². The van der Waals surface area contributed by atoms with Crippen LogP contribution in [0.4, 0.5) is 4.79 Å². The number of hydrogen-bond donors (Lipinski definition) is 2. The molecule has 2 aliphatic rings. The lowest BCUT2D eigenvalue weighted by Crippen LogP contribution is -2.66. The predicted molar refractivity (Wildman–Crippen MR) is 119 cm³/mol. The van der Waals surface area contributed by atoms with Gasteiger partial charge in [0.05, 0.1) is 0 Å². The molecule has 0 radical (unpaired) electrons. The highest BCUT2D eigenvalue weighted by atomic mass is 16.6. The van der Waals surface area contributed by atoms with Gasteiger partial charge in [-0.1, -0.05) is 55.5 Å². The van der Waals surface area contributed by atoms with Crippen molar-refractivity contribution in [2.75, 3.05) is 26.2 Å². The number of carboxylic acids is 1. The van der Waals surface area contributed by atoms with Gasteiger partial charge in [0, 0.05) is 24.9 Å². The van der Waals surface area contributed by atoms with Crippen LogP contribution in [0.1, 0.15) is 43.7 Å². The summed E-state index contributed by atoms with van der Waals surface area (Å²) in [6.07, 6.45) is 0.498. The second kappa shape index (κ2) is 8.71. The molecule has 0 spiro atoms. The Morgan fingerprint density at radius 1 is 1.10 bits per heavy atom. The summed E-state index contributed by atoms with van der Waals surface area (Å²) in [6, 6.07) is 16.4. The smallest absolute Gasteiger partial charge is 0.410 e. The summed E-state index contributed by atoms with van der Waals surface area (Å²) >= 11 is 0. The third-order valence-corrected chi connectivity index (χ3v) is 6.97. The molecule has 1 amide bonds. The molecule has 0 aromatic heterocycles. The van der Waals surface area contributed by atoms with Crippen LogP contribution >= 0.6 is 0 Å². The van der Waals surface area contributed by atoms with Crippen molar-refractivity contribution >= 4 is 12.1 Å². The monoisotopic (exact) mass is 422 g/mol. The molecule has 31 heavy (non-hydrogen) atoms. The van der Waals surface area contributed by atoms with Gasteiger partial charge in [0.2, 0.25) is 0 Å². The number of rotatable bonds is 6. The highest BCUT2D eigenvalue weighted by molar-refractivity contribution is 5.85. The first kappa shape index (κ1) is 21.4. The van der Waals surface area contributed by atoms with Crippen molar-refractivity contribution in [3.63, 3.8) is 0 Å². The number of carbonyl (C=O) groups is 2. The van der Waals surface area contributed by atoms with E-state index in [2.05, 4.69) is 29.6 Å². The number of aliphatic carboxylic acids is 1. The van der Waals surface area contributed by atoms with E-state index in [1.807, 2.05) is 38.1 Å². The van der Waals surface area contributed by atoms with Crippen molar-refractivity contribution in [3.8, 4) is 11.1 Å². The maximum absolute atomic E-state index is 13.2. The first-order valence-electron chi connectivity index (χ1n) is 11.1. The maximum atomic E-state index is 13.2. The van der Waals surface area contributed by atoms with Gasteiger partial charge in [-0.15, -0.1) is 0 Å². The number of carbonyl (C=O) groups excluding carboxylic acids is 1. The van der Waals surface area contributed by atoms with Crippen molar-refractivity contribution in [3.05, 3.63) is 59.7 Å². The fraction of sp³-hybridized carbons (Fsp3) is 0.440. The molecule has 2 atom stereocenters. The van der Waals surface area contributed by atoms with Crippen molar-refractivity contribution in [2.24, 2.45) is 5.92 Å². The van der Waals surface area contributed by atoms with Crippen LogP contribution in [0.5, 0.6) is 0 Å². The molecule has 1 aliphatic heterocycles. The summed E-state index contributed by atoms with van der Waals surface area (Å²) in [4.78, 5) is 27.1. The number of nitrogens with zero attached hydrogens (tertiary/aromatic N) is 1. The Bertz CT molecular complexity index is 930. The zero-order valence-electron chi connectivity index (χ0n) is 18.1. The Hall–Kier alpha value is -2.86. The number of carboxylic acid groups (broad SMARTS) is 1. The van der Waals surface area contributed by atoms with Gasteiger partial charge in [-0.3, -0.25) is 4.90 Å². The first-order chi connectivity index (χ1) is 15.0. The zero-order chi connectivity index (χ0) is 22.0. The summed E-state index contributed by atoms with van der Waals surface area (Å²) in [5.74, 6) is -1.17. The van der Waals surface area contributed by atoms with Crippen LogP contribution in [0, 0.1) is 5.92 Å². The van der Waals surface area contributed by atoms with Gasteiger partial charge in [-0.25, -0.2) is 9.59 Å². The van der Waals surface area contributed by atoms with Crippen molar-refractivity contribution in [1.82, 2.24) is 10.2 Å². The molecule has 164 valence electrons. The van der Waals surface area contributed by atoms with Crippen LogP contribution in [0.2, 0.25) is 0 Å². The minimum atomic E-state index is -1.24. The van der Waals surface area contributed by atoms with E-state index in [-0.39, 0.29) is 18.4 Å². The molecule has 0 bridgehead atoms. The summed E-state index contributed by atoms with van der Waals surface area (Å²) < 4.78 is 5.82. The zero-order valence-corrected chi connectivity index (χ0v) is 18.1. The second-order valence-corrected chi connectivity index (χ2v) is 8.34. The molecule has 1 heterocycles. The van der Waals surface area contributed by atoms with E-state index < -0.39 is 17.6 Å². The summed E-state index contributed by atoms with van der Waals surface area (Å²) in [5.41, 5.74) is 3.37. The Labute approximate surface area is 183 Å². The SMILES string of the molecule is CCC1CNCCC1(C(=O)O)N(CC)C(=O)OCC1c2ccccc2-c2ccccc21. The first-order valence-corrected chi connectivity index (χ1v) is 11.1. The molecular weight excluding hydrogens is 392 g/mol. The van der Waals surface area contributed by atoms with Crippen LogP contribution in [-0.4, -0.2) is 53.8 Å². The van der Waals surface area contributed by atoms with E-state index >= 15 is 0 Å². The molecule has 1 saturated heterocycles. The van der Waals surface area contributed by atoms with E-state index in [1.165, 1.54) is 4.90 Å². The van der Waals surface area contributed by atoms with Crippen LogP contribution in [0.25, 0.3) is 11.1 Å². The van der Waals surface area contributed by atoms with Crippen molar-refractivity contribution in [2.45, 2.75) is 38.1 Å². The van der Waals surface area contributed by atoms with E-state index in [0.29, 0.717) is 32.5 Å². The van der Waals surface area contributed by atoms with Crippen molar-refractivity contribution in [1.29, 1.82) is 0 Å². The molecule has 0 saturated carbocycles. The average Bonchev–Trinajstić information content (AvgIpc) is 3.12. The quantitative estimate of drug-likeness (QED) is 0.733. The highest BCUT2D eigenvalue weighted by Crippen LogP contribution is 2.44. The summed E-state index contributed by atoms with van der Waals surface area (Å²) in [5, 5.41) is 13.5. The third-order valence-electron chi connectivity index (χ3n) is 6.97. The van der Waals surface area contributed by atoms with Gasteiger partial charge in [0.15, 0.2) is 0 Å². The standard InChI is InChI=1S/C25H30N2O4/c1-3-17-15-26-14-13-25(17,23(28)29)27(4-2)24(30)31-16-22-20-11-7-5-9-18(20)19-10-6-8-12-21(19)22/h5-12,17,22,26H,3-4,13-16H2,1-2H3,(H,28,29). The van der Waals surface area contributed by atoms with Gasteiger partial charge in [-0.2, -0.15) is 0 Å². The lowest BCUT2D eigenvalue weighted by molar-refractivity contribution is -0.157. The van der Waals surface area contributed by atoms with Gasteiger partial charge >= 0.3 is 12.1 Å². The number of benzene rings is 2. The van der Waals surface area contributed by atoms with Crippen LogP contribution in [-0.2, 0) is 9.53 Å². The molecule has 6 nitrogen and oxygen atoms in total. The molecule has 2 aromatic rings. The lowest BCUT2D eigenvalue weighted by atomic mass is 9.75. The van der Waals surface area contributed by atoms with Crippen LogP contribution in [0.15, 0.2) is 48.5 Å². The van der Waals surface area contributed by atoms with Gasteiger partial charge in [0.25, 0.3) is 0 Å². The van der Waals surface area contributed by atoms with Gasteiger partial charge in [0.1, 0.15) is 12.1 Å². The van der Waals surface area contributed by atoms with E-state index in [9.17, 15) is 14.7 Å². The molecule has 2 aromatic carbocycles. The number of amides is 1. The number of hydrogen-bond acceptors (Lipinski definition) is 4. The normalized spacial score (nSPS) is 22.5. The van der Waals surface area contributed by atoms with Crippen LogP contribution in [0.3, 0.4) is 0 Å². The third kappa shape index (κ3) is 3.49. The van der Waals surface area contributed by atoms with Crippen LogP contribution < -0.4 is 5.32 Å². The number of ether oxygens (including phenoxy) is 1. The Morgan fingerprint density at radius 3 is 2.26 bits per heavy atom. The van der Waals surface area contributed by atoms with Crippen molar-refractivity contribution < 1.29 is 19.4 Å². The molecule has 4 rings (SSSR count). The molecular formula is C25H30N2O4. The molecule has 1 aliphatic carbocycles. The predicted octanol–water partition coefficient (Wildman–Crippen LogP) is 4.10. The Balaban J connectivity index is 1.58. The number of piperidine rings is 1. The summed E-state index contributed by atoms with van der Waals surface area (Å²) in [6.45, 7) is 5.42. The number of fused-ring (bicyclic) bond motifs is 3. The highest BCUT2D eigenvalue weighted by Gasteiger charge is 2.53. The molecule has 2 N–H and O–H groups in total. The van der Waals surface area contributed by atoms with E-state index in [4.69, 9.17) is 4.74 Å². The minimum absolute atomic E-state index is 0.0502. The van der Waals surface area contributed by atoms with E-state index in [0.717, 1.165) is 22.3 Å². The Morgan fingerprint density at radius 2 is 1.71 bits per heavy atom. The molecule has 2 unspecified atom stereocenters. The van der Waals surface area contributed by atoms with Gasteiger partial charge < -0.3 is 15.2 Å². The molecule has 6 heteroatoms. The maximum Gasteiger partial charge on any atom is 0.410 e. The van der Waals surface area contributed by atoms with Gasteiger partial charge in [-0.05, 0) is 48.6 Å². The number of nitrogens with one attached hydrogen (secondary N) is 1. The fourth-order valence-electron chi connectivity index (χ4n) is 5.41. The largest absolute Gasteiger partial charge is 0.479 e. The molecule has 1 fully saturated rings. The lowest BCUT2D eigenvalue weighted by Gasteiger charge is -2.47. The minimum Gasteiger partial charge on any atom is -0.479 e. The fourth-order valence-corrected chi connectivity index (χ4v) is 5.41.